The molecule has 2 saturated heterocycles. The zero-order valence-corrected chi connectivity index (χ0v) is 25.1. The van der Waals surface area contributed by atoms with E-state index in [1.165, 1.54) is 34.6 Å². The maximum atomic E-state index is 13.6. The molecule has 0 bridgehead atoms. The summed E-state index contributed by atoms with van der Waals surface area (Å²) in [6.45, 7) is 1.97. The van der Waals surface area contributed by atoms with E-state index in [4.69, 9.17) is 12.2 Å². The van der Waals surface area contributed by atoms with Crippen LogP contribution in [0.5, 0.6) is 0 Å². The predicted octanol–water partition coefficient (Wildman–Crippen LogP) is 3.00. The molecule has 2 heterocycles. The van der Waals surface area contributed by atoms with Crippen LogP contribution < -0.4 is 4.90 Å². The van der Waals surface area contributed by atoms with Gasteiger partial charge in [0.1, 0.15) is 0 Å². The van der Waals surface area contributed by atoms with E-state index in [-0.39, 0.29) is 53.6 Å². The Balaban J connectivity index is 1.44. The fourth-order valence-electron chi connectivity index (χ4n) is 5.86. The minimum Gasteiger partial charge on any atom is -0.376 e. The van der Waals surface area contributed by atoms with Crippen molar-refractivity contribution in [2.75, 3.05) is 49.1 Å². The molecular formula is C27H34F3N3O5S3. The van der Waals surface area contributed by atoms with E-state index in [2.05, 4.69) is 4.90 Å². The number of sulfonamides is 1. The van der Waals surface area contributed by atoms with Crippen molar-refractivity contribution in [3.63, 3.8) is 0 Å². The maximum Gasteiger partial charge on any atom is 0.421 e. The van der Waals surface area contributed by atoms with Gasteiger partial charge in [0.25, 0.3) is 0 Å². The predicted molar refractivity (Wildman–Crippen MR) is 155 cm³/mol. The van der Waals surface area contributed by atoms with Gasteiger partial charge in [-0.3, -0.25) is 4.90 Å². The van der Waals surface area contributed by atoms with E-state index >= 15 is 0 Å². The standard InChI is InChI=1S/C27H34F3N3O5S3/c1-26(34,27(28,29)30)20-8-10-21(11-9-20)33-13-12-32(41(37,38)25-5-3-2-4-24(25)39)17-22(33)16-31-14-15-40(35,36)18-23(31)19-6-7-19/h2-3,5,8-11,19,22-23,34H,4,6-7,12-18H2,1H3/t22-,23-,26-/m0/s1. The molecular weight excluding hydrogens is 600 g/mol. The fraction of sp³-hybridized carbons (Fsp3) is 0.593. The van der Waals surface area contributed by atoms with Gasteiger partial charge >= 0.3 is 6.18 Å². The molecule has 0 unspecified atom stereocenters. The highest BCUT2D eigenvalue weighted by molar-refractivity contribution is 7.96. The number of hydrogen-bond donors (Lipinski definition) is 1. The molecule has 8 nitrogen and oxygen atoms in total. The number of rotatable bonds is 7. The van der Waals surface area contributed by atoms with Gasteiger partial charge in [0, 0.05) is 55.7 Å². The van der Waals surface area contributed by atoms with Crippen LogP contribution in [0.3, 0.4) is 0 Å². The van der Waals surface area contributed by atoms with Crippen LogP contribution in [0.25, 0.3) is 0 Å². The van der Waals surface area contributed by atoms with Crippen molar-refractivity contribution in [2.24, 2.45) is 5.92 Å². The third-order valence-corrected chi connectivity index (χ3v) is 12.7. The Labute approximate surface area is 244 Å². The molecule has 1 saturated carbocycles. The molecule has 1 aromatic rings. The number of hydrogen-bond acceptors (Lipinski definition) is 8. The normalized spacial score (nSPS) is 27.9. The Morgan fingerprint density at radius 2 is 1.78 bits per heavy atom. The number of nitrogens with zero attached hydrogens (tertiary/aromatic N) is 3. The summed E-state index contributed by atoms with van der Waals surface area (Å²) >= 11 is 5.34. The van der Waals surface area contributed by atoms with E-state index in [0.29, 0.717) is 37.0 Å². The van der Waals surface area contributed by atoms with Gasteiger partial charge in [-0.2, -0.15) is 17.5 Å². The van der Waals surface area contributed by atoms with Gasteiger partial charge in [0.15, 0.2) is 15.4 Å². The van der Waals surface area contributed by atoms with Crippen LogP contribution in [-0.4, -0.2) is 98.5 Å². The topological polar surface area (TPSA) is 98.2 Å². The second kappa shape index (κ2) is 11.0. The van der Waals surface area contributed by atoms with Crippen LogP contribution in [0.1, 0.15) is 31.7 Å². The van der Waals surface area contributed by atoms with E-state index in [1.54, 1.807) is 12.2 Å². The van der Waals surface area contributed by atoms with Crippen molar-refractivity contribution in [3.8, 4) is 0 Å². The molecule has 2 aliphatic heterocycles. The average Bonchev–Trinajstić information content (AvgIpc) is 3.75. The van der Waals surface area contributed by atoms with Crippen molar-refractivity contribution in [3.05, 3.63) is 53.0 Å². The van der Waals surface area contributed by atoms with Crippen molar-refractivity contribution in [1.82, 2.24) is 9.21 Å². The van der Waals surface area contributed by atoms with Gasteiger partial charge < -0.3 is 10.0 Å². The molecule has 2 aliphatic carbocycles. The number of thiocarbonyl (C=S) groups is 1. The summed E-state index contributed by atoms with van der Waals surface area (Å²) in [5.74, 6) is 0.378. The van der Waals surface area contributed by atoms with Crippen molar-refractivity contribution < 1.29 is 35.1 Å². The van der Waals surface area contributed by atoms with Crippen LogP contribution >= 0.6 is 12.2 Å². The first kappa shape index (κ1) is 30.6. The number of alkyl halides is 3. The lowest BCUT2D eigenvalue weighted by molar-refractivity contribution is -0.258. The summed E-state index contributed by atoms with van der Waals surface area (Å²) in [6.07, 6.45) is 2.38. The number of aliphatic hydroxyl groups is 1. The van der Waals surface area contributed by atoms with Crippen LogP contribution in [0, 0.1) is 5.92 Å². The van der Waals surface area contributed by atoms with Crippen molar-refractivity contribution in [2.45, 2.75) is 50.0 Å². The van der Waals surface area contributed by atoms with Crippen molar-refractivity contribution in [1.29, 1.82) is 0 Å². The molecule has 0 spiro atoms. The van der Waals surface area contributed by atoms with Crippen molar-refractivity contribution >= 4 is 42.6 Å². The highest BCUT2D eigenvalue weighted by atomic mass is 32.2. The molecule has 5 rings (SSSR count). The highest BCUT2D eigenvalue weighted by Crippen LogP contribution is 2.40. The third-order valence-electron chi connectivity index (χ3n) is 8.53. The molecule has 1 aromatic carbocycles. The fourth-order valence-corrected chi connectivity index (χ4v) is 9.61. The lowest BCUT2D eigenvalue weighted by atomic mass is 9.95. The zero-order valence-electron chi connectivity index (χ0n) is 22.6. The van der Waals surface area contributed by atoms with Crippen LogP contribution in [0.2, 0.25) is 0 Å². The van der Waals surface area contributed by atoms with Gasteiger partial charge in [0.2, 0.25) is 10.0 Å². The molecule has 1 N–H and O–H groups in total. The minimum atomic E-state index is -4.85. The van der Waals surface area contributed by atoms with Gasteiger partial charge in [-0.25, -0.2) is 16.8 Å². The van der Waals surface area contributed by atoms with Crippen LogP contribution in [-0.2, 0) is 25.5 Å². The summed E-state index contributed by atoms with van der Waals surface area (Å²) in [7, 11) is -7.06. The quantitative estimate of drug-likeness (QED) is 0.458. The number of anilines is 1. The Morgan fingerprint density at radius 3 is 2.39 bits per heavy atom. The molecule has 3 fully saturated rings. The molecule has 4 aliphatic rings. The average molecular weight is 634 g/mol. The summed E-state index contributed by atoms with van der Waals surface area (Å²) < 4.78 is 93.8. The first-order valence-corrected chi connectivity index (χ1v) is 17.3. The third kappa shape index (κ3) is 6.28. The molecule has 14 heteroatoms. The van der Waals surface area contributed by atoms with E-state index in [1.807, 2.05) is 4.90 Å². The molecule has 3 atom stereocenters. The minimum absolute atomic E-state index is 0.0274. The van der Waals surface area contributed by atoms with Gasteiger partial charge in [0.05, 0.1) is 22.5 Å². The number of piperazine rings is 1. The lowest BCUT2D eigenvalue weighted by Gasteiger charge is -2.46. The molecule has 0 aromatic heterocycles. The Kier molecular flexibility index (Phi) is 8.23. The lowest BCUT2D eigenvalue weighted by Crippen LogP contribution is -2.61. The molecule has 0 amide bonds. The van der Waals surface area contributed by atoms with Gasteiger partial charge in [-0.1, -0.05) is 36.5 Å². The molecule has 226 valence electrons. The first-order valence-electron chi connectivity index (χ1n) is 13.6. The monoisotopic (exact) mass is 633 g/mol. The summed E-state index contributed by atoms with van der Waals surface area (Å²) in [5.41, 5.74) is -2.72. The number of sulfone groups is 1. The zero-order chi connectivity index (χ0) is 29.8. The second-order valence-corrected chi connectivity index (χ2v) is 16.1. The smallest absolute Gasteiger partial charge is 0.376 e. The highest BCUT2D eigenvalue weighted by Gasteiger charge is 2.51. The van der Waals surface area contributed by atoms with E-state index in [9.17, 15) is 35.1 Å². The number of benzene rings is 1. The maximum absolute atomic E-state index is 13.6. The number of halogens is 3. The molecule has 41 heavy (non-hydrogen) atoms. The Morgan fingerprint density at radius 1 is 1.10 bits per heavy atom. The first-order chi connectivity index (χ1) is 19.1. The Bertz CT molecular complexity index is 1450. The van der Waals surface area contributed by atoms with E-state index in [0.717, 1.165) is 12.8 Å². The molecule has 0 radical (unpaired) electrons. The largest absolute Gasteiger partial charge is 0.421 e. The van der Waals surface area contributed by atoms with Crippen LogP contribution in [0.15, 0.2) is 47.4 Å². The van der Waals surface area contributed by atoms with Gasteiger partial charge in [-0.15, -0.1) is 0 Å². The summed E-state index contributed by atoms with van der Waals surface area (Å²) in [6, 6.07) is 4.95. The van der Waals surface area contributed by atoms with E-state index < -0.39 is 37.7 Å². The Hall–Kier alpha value is -1.84. The van der Waals surface area contributed by atoms with Gasteiger partial charge in [-0.05, 0) is 49.5 Å². The second-order valence-electron chi connectivity index (χ2n) is 11.4. The summed E-state index contributed by atoms with van der Waals surface area (Å²) in [5, 5.41) is 10.1. The van der Waals surface area contributed by atoms with Crippen LogP contribution in [0.4, 0.5) is 18.9 Å². The number of allylic oxidation sites excluding steroid dienone is 4. The SMILES string of the molecule is C[C@](O)(c1ccc(N2CCN(S(=O)(=O)C3=CC=CCC3=S)C[C@@H]2CN2CCS(=O)(=O)C[C@H]2C2CC2)cc1)C(F)(F)F. The summed E-state index contributed by atoms with van der Waals surface area (Å²) in [4.78, 5) is 4.55.